The molecule has 1 aliphatic rings. The molecule has 2 rings (SSSR count). The molecule has 1 aliphatic carbocycles. The second-order valence-corrected chi connectivity index (χ2v) is 5.91. The number of Topliss-reactive ketones (excluding diaryl/α,β-unsaturated/α-hetero) is 1. The van der Waals surface area contributed by atoms with Crippen LogP contribution >= 0.6 is 0 Å². The second kappa shape index (κ2) is 5.77. The van der Waals surface area contributed by atoms with E-state index in [0.29, 0.717) is 0 Å². The highest BCUT2D eigenvalue weighted by Gasteiger charge is 2.27. The lowest BCUT2D eigenvalue weighted by molar-refractivity contribution is 0.0872. The Morgan fingerprint density at radius 1 is 1.16 bits per heavy atom. The molecule has 1 aromatic rings. The number of ketones is 1. The molecule has 0 aromatic heterocycles. The average molecular weight is 260 g/mol. The predicted molar refractivity (Wildman–Crippen MR) is 77.9 cm³/mol. The van der Waals surface area contributed by atoms with Crippen LogP contribution in [-0.4, -0.2) is 12.9 Å². The molecule has 2 nitrogen and oxygen atoms in total. The first kappa shape index (κ1) is 14.1. The first-order valence-electron chi connectivity index (χ1n) is 7.23. The van der Waals surface area contributed by atoms with Gasteiger partial charge in [-0.15, -0.1) is 0 Å². The highest BCUT2D eigenvalue weighted by molar-refractivity contribution is 6.00. The fourth-order valence-corrected chi connectivity index (χ4v) is 2.99. The van der Waals surface area contributed by atoms with Crippen molar-refractivity contribution in [2.75, 3.05) is 7.11 Å². The molecule has 0 saturated heterocycles. The van der Waals surface area contributed by atoms with Gasteiger partial charge in [0, 0.05) is 5.92 Å². The zero-order valence-corrected chi connectivity index (χ0v) is 12.5. The second-order valence-electron chi connectivity index (χ2n) is 5.91. The van der Waals surface area contributed by atoms with Gasteiger partial charge in [-0.3, -0.25) is 4.79 Å². The maximum atomic E-state index is 12.7. The zero-order valence-electron chi connectivity index (χ0n) is 12.5. The van der Waals surface area contributed by atoms with Crippen molar-refractivity contribution in [2.45, 2.75) is 46.5 Å². The molecule has 2 heteroatoms. The average Bonchev–Trinajstić information content (AvgIpc) is 2.41. The zero-order chi connectivity index (χ0) is 14.0. The summed E-state index contributed by atoms with van der Waals surface area (Å²) in [6, 6.07) is 3.96. The Hall–Kier alpha value is -1.31. The van der Waals surface area contributed by atoms with Crippen LogP contribution in [0.25, 0.3) is 0 Å². The molecular formula is C17H24O2. The van der Waals surface area contributed by atoms with E-state index < -0.39 is 0 Å². The molecule has 0 unspecified atom stereocenters. The number of methoxy groups -OCH3 is 1. The number of rotatable bonds is 3. The van der Waals surface area contributed by atoms with Crippen molar-refractivity contribution in [2.24, 2.45) is 11.8 Å². The van der Waals surface area contributed by atoms with Gasteiger partial charge in [0.25, 0.3) is 0 Å². The highest BCUT2D eigenvalue weighted by Crippen LogP contribution is 2.34. The summed E-state index contributed by atoms with van der Waals surface area (Å²) in [4.78, 5) is 12.7. The third-order valence-electron chi connectivity index (χ3n) is 4.53. The molecule has 0 radical (unpaired) electrons. The van der Waals surface area contributed by atoms with Crippen molar-refractivity contribution in [1.29, 1.82) is 0 Å². The van der Waals surface area contributed by atoms with Gasteiger partial charge in [0.05, 0.1) is 12.7 Å². The third-order valence-corrected chi connectivity index (χ3v) is 4.53. The van der Waals surface area contributed by atoms with Crippen LogP contribution in [0.2, 0.25) is 0 Å². The number of carbonyl (C=O) groups is 1. The Balaban J connectivity index is 2.26. The first-order chi connectivity index (χ1) is 9.04. The van der Waals surface area contributed by atoms with Gasteiger partial charge in [-0.25, -0.2) is 0 Å². The molecule has 0 N–H and O–H groups in total. The van der Waals surface area contributed by atoms with Crippen molar-refractivity contribution >= 4 is 5.78 Å². The van der Waals surface area contributed by atoms with E-state index in [1.807, 2.05) is 26.0 Å². The van der Waals surface area contributed by atoms with Crippen molar-refractivity contribution in [3.63, 3.8) is 0 Å². The number of ether oxygens (including phenoxy) is 1. The van der Waals surface area contributed by atoms with Crippen LogP contribution in [0.4, 0.5) is 0 Å². The van der Waals surface area contributed by atoms with E-state index in [1.54, 1.807) is 7.11 Å². The Labute approximate surface area is 116 Å². The van der Waals surface area contributed by atoms with Crippen molar-refractivity contribution in [1.82, 2.24) is 0 Å². The summed E-state index contributed by atoms with van der Waals surface area (Å²) in [5.41, 5.74) is 3.02. The van der Waals surface area contributed by atoms with Crippen LogP contribution in [0.15, 0.2) is 12.1 Å². The van der Waals surface area contributed by atoms with Gasteiger partial charge in [0.2, 0.25) is 0 Å². The Morgan fingerprint density at radius 2 is 1.79 bits per heavy atom. The quantitative estimate of drug-likeness (QED) is 0.756. The lowest BCUT2D eigenvalue weighted by Crippen LogP contribution is -2.21. The maximum Gasteiger partial charge on any atom is 0.169 e. The Bertz CT molecular complexity index is 468. The Kier molecular flexibility index (Phi) is 4.28. The standard InChI is InChI=1S/C17H24O2/c1-11-5-8-14(9-6-11)16(18)15-10-7-12(2)13(3)17(15)19-4/h7,10-11,14H,5-6,8-9H2,1-4H3. The van der Waals surface area contributed by atoms with Gasteiger partial charge < -0.3 is 4.74 Å². The number of hydrogen-bond donors (Lipinski definition) is 0. The van der Waals surface area contributed by atoms with Crippen LogP contribution in [0.3, 0.4) is 0 Å². The van der Waals surface area contributed by atoms with Crippen molar-refractivity contribution < 1.29 is 9.53 Å². The van der Waals surface area contributed by atoms with E-state index in [1.165, 1.54) is 18.4 Å². The van der Waals surface area contributed by atoms with E-state index >= 15 is 0 Å². The Morgan fingerprint density at radius 3 is 2.37 bits per heavy atom. The molecule has 1 fully saturated rings. The fourth-order valence-electron chi connectivity index (χ4n) is 2.99. The molecule has 1 aromatic carbocycles. The minimum Gasteiger partial charge on any atom is -0.496 e. The van der Waals surface area contributed by atoms with E-state index in [4.69, 9.17) is 4.74 Å². The molecule has 0 spiro atoms. The van der Waals surface area contributed by atoms with Crippen LogP contribution in [0.5, 0.6) is 5.75 Å². The number of aryl methyl sites for hydroxylation is 1. The molecule has 1 saturated carbocycles. The van der Waals surface area contributed by atoms with E-state index in [-0.39, 0.29) is 11.7 Å². The molecule has 0 bridgehead atoms. The smallest absolute Gasteiger partial charge is 0.169 e. The van der Waals surface area contributed by atoms with Crippen LogP contribution in [0, 0.1) is 25.7 Å². The minimum absolute atomic E-state index is 0.187. The molecule has 104 valence electrons. The lowest BCUT2D eigenvalue weighted by atomic mass is 9.79. The minimum atomic E-state index is 0.187. The van der Waals surface area contributed by atoms with Gasteiger partial charge in [0.1, 0.15) is 5.75 Å². The SMILES string of the molecule is COc1c(C(=O)C2CCC(C)CC2)ccc(C)c1C. The lowest BCUT2D eigenvalue weighted by Gasteiger charge is -2.26. The van der Waals surface area contributed by atoms with E-state index in [0.717, 1.165) is 35.6 Å². The summed E-state index contributed by atoms with van der Waals surface area (Å²) in [6.07, 6.45) is 4.39. The molecule has 19 heavy (non-hydrogen) atoms. The summed E-state index contributed by atoms with van der Waals surface area (Å²) in [5, 5.41) is 0. The van der Waals surface area contributed by atoms with Gasteiger partial charge in [-0.2, -0.15) is 0 Å². The third kappa shape index (κ3) is 2.83. The largest absolute Gasteiger partial charge is 0.496 e. The molecular weight excluding hydrogens is 236 g/mol. The molecule has 0 atom stereocenters. The number of carbonyl (C=O) groups excluding carboxylic acids is 1. The summed E-state index contributed by atoms with van der Waals surface area (Å²) >= 11 is 0. The molecule has 0 heterocycles. The summed E-state index contributed by atoms with van der Waals surface area (Å²) in [7, 11) is 1.65. The summed E-state index contributed by atoms with van der Waals surface area (Å²) in [6.45, 7) is 6.35. The topological polar surface area (TPSA) is 26.3 Å². The van der Waals surface area contributed by atoms with Crippen molar-refractivity contribution in [3.8, 4) is 5.75 Å². The number of hydrogen-bond acceptors (Lipinski definition) is 2. The van der Waals surface area contributed by atoms with Crippen molar-refractivity contribution in [3.05, 3.63) is 28.8 Å². The highest BCUT2D eigenvalue weighted by atomic mass is 16.5. The van der Waals surface area contributed by atoms with Gasteiger partial charge in [0.15, 0.2) is 5.78 Å². The summed E-state index contributed by atoms with van der Waals surface area (Å²) in [5.74, 6) is 1.99. The monoisotopic (exact) mass is 260 g/mol. The van der Waals surface area contributed by atoms with Gasteiger partial charge in [-0.1, -0.05) is 25.8 Å². The predicted octanol–water partition coefficient (Wildman–Crippen LogP) is 4.32. The fraction of sp³-hybridized carbons (Fsp3) is 0.588. The van der Waals surface area contributed by atoms with E-state index in [2.05, 4.69) is 6.92 Å². The normalized spacial score (nSPS) is 23.2. The van der Waals surface area contributed by atoms with Crippen LogP contribution in [-0.2, 0) is 0 Å². The van der Waals surface area contributed by atoms with Gasteiger partial charge >= 0.3 is 0 Å². The first-order valence-corrected chi connectivity index (χ1v) is 7.23. The van der Waals surface area contributed by atoms with Crippen LogP contribution in [0.1, 0.15) is 54.1 Å². The molecule has 0 amide bonds. The molecule has 0 aliphatic heterocycles. The number of benzene rings is 1. The van der Waals surface area contributed by atoms with Crippen LogP contribution < -0.4 is 4.74 Å². The van der Waals surface area contributed by atoms with Gasteiger partial charge in [-0.05, 0) is 49.8 Å². The van der Waals surface area contributed by atoms with E-state index in [9.17, 15) is 4.79 Å². The maximum absolute atomic E-state index is 12.7. The summed E-state index contributed by atoms with van der Waals surface area (Å²) < 4.78 is 5.47.